The molecule has 9 rings (SSSR count). The van der Waals surface area contributed by atoms with Crippen molar-refractivity contribution in [3.8, 4) is 0 Å². The molecule has 278 valence electrons. The fraction of sp³-hybridized carbons (Fsp3) is 0.529. The average molecular weight is 705 g/mol. The average Bonchev–Trinajstić information content (AvgIpc) is 3.57. The van der Waals surface area contributed by atoms with E-state index in [-0.39, 0.29) is 0 Å². The summed E-state index contributed by atoms with van der Waals surface area (Å²) in [4.78, 5) is 0. The number of nitrogens with one attached hydrogen (secondary N) is 2. The minimum Gasteiger partial charge on any atom is -0.381 e. The molecule has 0 radical (unpaired) electrons. The molecule has 0 saturated heterocycles. The first-order chi connectivity index (χ1) is 26.2. The highest BCUT2D eigenvalue weighted by Gasteiger charge is 2.45. The summed E-state index contributed by atoms with van der Waals surface area (Å²) in [5.41, 5.74) is 17.6. The summed E-state index contributed by atoms with van der Waals surface area (Å²) in [5.74, 6) is 3.57. The van der Waals surface area contributed by atoms with Crippen molar-refractivity contribution in [1.82, 2.24) is 10.6 Å². The molecule has 1 aromatic carbocycles. The number of fused-ring (bicyclic) bond motifs is 3. The molecule has 0 aliphatic heterocycles. The third-order valence-electron chi connectivity index (χ3n) is 14.6. The molecule has 8 aliphatic rings. The molecule has 2 fully saturated rings. The lowest BCUT2D eigenvalue weighted by Gasteiger charge is -2.33. The topological polar surface area (TPSA) is 24.1 Å². The molecule has 5 unspecified atom stereocenters. The number of hydrogen-bond donors (Lipinski definition) is 2. The monoisotopic (exact) mass is 705 g/mol. The first-order valence-electron chi connectivity index (χ1n) is 22.1. The largest absolute Gasteiger partial charge is 0.381 e. The number of likely N-dealkylation sites (N-methyl/N-ethyl adjacent to an activating group) is 1. The minimum atomic E-state index is 0.433. The van der Waals surface area contributed by atoms with Crippen molar-refractivity contribution >= 4 is 11.1 Å². The van der Waals surface area contributed by atoms with E-state index < -0.39 is 0 Å². The summed E-state index contributed by atoms with van der Waals surface area (Å²) in [5, 5.41) is 7.65. The van der Waals surface area contributed by atoms with E-state index in [1.807, 2.05) is 11.1 Å². The van der Waals surface area contributed by atoms with Crippen LogP contribution in [0.25, 0.3) is 11.1 Å². The number of benzene rings is 1. The predicted molar refractivity (Wildman–Crippen MR) is 225 cm³/mol. The standard InChI is InChI=1S/C51H64N2/c1-52-49(38-16-7-3-8-17-38)33-50(39-18-9-4-10-19-39)53-34-35-24-26-37(27-25-35)41-30-40(36-14-5-2-6-15-36)31-42(32-41)43-28-29-48-45-21-12-11-20-44(45)47-23-13-22-46(43)51(47)48/h4,9,11,14,18,20,24-26,30-33,37-38,44-45,47,49,52-53H,2-3,5-8,10,12-13,15-17,19,21-23,27-29,34H2,1H3/b50-33-. The van der Waals surface area contributed by atoms with Crippen LogP contribution in [0, 0.1) is 23.7 Å². The van der Waals surface area contributed by atoms with Crippen molar-refractivity contribution in [3.63, 3.8) is 0 Å². The Morgan fingerprint density at radius 2 is 1.70 bits per heavy atom. The van der Waals surface area contributed by atoms with Gasteiger partial charge in [0.2, 0.25) is 0 Å². The number of allylic oxidation sites excluding steroid dienone is 14. The van der Waals surface area contributed by atoms with E-state index in [0.29, 0.717) is 12.0 Å². The van der Waals surface area contributed by atoms with Crippen molar-refractivity contribution < 1.29 is 0 Å². The smallest absolute Gasteiger partial charge is 0.0397 e. The summed E-state index contributed by atoms with van der Waals surface area (Å²) >= 11 is 0. The van der Waals surface area contributed by atoms with E-state index in [9.17, 15) is 0 Å². The predicted octanol–water partition coefficient (Wildman–Crippen LogP) is 12.8. The van der Waals surface area contributed by atoms with E-state index in [4.69, 9.17) is 0 Å². The molecule has 8 aliphatic carbocycles. The lowest BCUT2D eigenvalue weighted by atomic mass is 9.72. The summed E-state index contributed by atoms with van der Waals surface area (Å²) in [6.45, 7) is 0.890. The van der Waals surface area contributed by atoms with E-state index in [0.717, 1.165) is 49.5 Å². The first kappa shape index (κ1) is 35.3. The van der Waals surface area contributed by atoms with Gasteiger partial charge in [0.1, 0.15) is 0 Å². The van der Waals surface area contributed by atoms with E-state index in [1.54, 1.807) is 22.3 Å². The molecule has 2 N–H and O–H groups in total. The molecule has 53 heavy (non-hydrogen) atoms. The summed E-state index contributed by atoms with van der Waals surface area (Å²) in [7, 11) is 2.16. The second-order valence-electron chi connectivity index (χ2n) is 17.7. The van der Waals surface area contributed by atoms with Gasteiger partial charge in [-0.25, -0.2) is 0 Å². The fourth-order valence-corrected chi connectivity index (χ4v) is 11.9. The summed E-state index contributed by atoms with van der Waals surface area (Å²) < 4.78 is 0. The molecule has 0 amide bonds. The Hall–Kier alpha value is -3.36. The highest BCUT2D eigenvalue weighted by atomic mass is 14.9. The van der Waals surface area contributed by atoms with Gasteiger partial charge < -0.3 is 10.6 Å². The lowest BCUT2D eigenvalue weighted by molar-refractivity contribution is 0.309. The van der Waals surface area contributed by atoms with Gasteiger partial charge in [0.15, 0.2) is 0 Å². The van der Waals surface area contributed by atoms with Gasteiger partial charge in [-0.05, 0) is 196 Å². The Labute approximate surface area is 321 Å². The van der Waals surface area contributed by atoms with Crippen molar-refractivity contribution in [2.75, 3.05) is 13.6 Å². The third-order valence-corrected chi connectivity index (χ3v) is 14.6. The SMILES string of the molecule is CNC(/C=C(\NCC1=CCC(c2cc(C3=CCCCC3)cc(C3=C4CCCC5C4=C(CC3)C3CCC=CC35)c2)C=C1)C1=CC=CCC1)C1CCCCC1. The minimum absolute atomic E-state index is 0.433. The Bertz CT molecular complexity index is 1830. The molecule has 0 spiro atoms. The van der Waals surface area contributed by atoms with Crippen LogP contribution in [0.3, 0.4) is 0 Å². The van der Waals surface area contributed by atoms with Gasteiger partial charge in [0.05, 0.1) is 0 Å². The molecule has 0 heterocycles. The van der Waals surface area contributed by atoms with Gasteiger partial charge in [-0.3, -0.25) is 0 Å². The van der Waals surface area contributed by atoms with Crippen LogP contribution in [0.2, 0.25) is 0 Å². The van der Waals surface area contributed by atoms with E-state index in [2.05, 4.69) is 96.6 Å². The molecule has 0 bridgehead atoms. The van der Waals surface area contributed by atoms with Crippen LogP contribution in [0.4, 0.5) is 0 Å². The molecular weight excluding hydrogens is 641 g/mol. The van der Waals surface area contributed by atoms with Crippen LogP contribution in [-0.4, -0.2) is 19.6 Å². The van der Waals surface area contributed by atoms with Crippen LogP contribution in [0.1, 0.15) is 145 Å². The molecule has 5 atom stereocenters. The van der Waals surface area contributed by atoms with Gasteiger partial charge in [-0.1, -0.05) is 91.7 Å². The Balaban J connectivity index is 0.971. The van der Waals surface area contributed by atoms with Gasteiger partial charge >= 0.3 is 0 Å². The second kappa shape index (κ2) is 16.2. The normalized spacial score (nSPS) is 29.4. The highest BCUT2D eigenvalue weighted by Crippen LogP contribution is 2.59. The molecule has 1 aromatic rings. The van der Waals surface area contributed by atoms with Crippen LogP contribution >= 0.6 is 0 Å². The van der Waals surface area contributed by atoms with Crippen molar-refractivity contribution in [2.24, 2.45) is 23.7 Å². The maximum Gasteiger partial charge on any atom is 0.0397 e. The number of hydrogen-bond acceptors (Lipinski definition) is 2. The molecule has 2 heteroatoms. The quantitative estimate of drug-likeness (QED) is 0.237. The van der Waals surface area contributed by atoms with Crippen LogP contribution in [0.5, 0.6) is 0 Å². The lowest BCUT2D eigenvalue weighted by Crippen LogP contribution is -2.34. The fourth-order valence-electron chi connectivity index (χ4n) is 11.9. The Morgan fingerprint density at radius 3 is 2.51 bits per heavy atom. The Kier molecular flexibility index (Phi) is 10.8. The maximum absolute atomic E-state index is 3.96. The van der Waals surface area contributed by atoms with Crippen LogP contribution < -0.4 is 10.6 Å². The molecule has 2 saturated carbocycles. The van der Waals surface area contributed by atoms with Gasteiger partial charge in [0.25, 0.3) is 0 Å². The van der Waals surface area contributed by atoms with Gasteiger partial charge in [-0.15, -0.1) is 0 Å². The van der Waals surface area contributed by atoms with E-state index >= 15 is 0 Å². The highest BCUT2D eigenvalue weighted by molar-refractivity contribution is 5.80. The molecule has 2 nitrogen and oxygen atoms in total. The van der Waals surface area contributed by atoms with Crippen molar-refractivity contribution in [2.45, 2.75) is 134 Å². The first-order valence-corrected chi connectivity index (χ1v) is 22.1. The Morgan fingerprint density at radius 1 is 0.774 bits per heavy atom. The molecule has 0 aromatic heterocycles. The zero-order chi connectivity index (χ0) is 35.6. The van der Waals surface area contributed by atoms with Gasteiger partial charge in [-0.2, -0.15) is 0 Å². The summed E-state index contributed by atoms with van der Waals surface area (Å²) in [6, 6.07) is 8.26. The zero-order valence-electron chi connectivity index (χ0n) is 32.6. The van der Waals surface area contributed by atoms with Crippen molar-refractivity contribution in [3.05, 3.63) is 129 Å². The van der Waals surface area contributed by atoms with E-state index in [1.165, 1.54) is 131 Å². The van der Waals surface area contributed by atoms with Crippen molar-refractivity contribution in [1.29, 1.82) is 0 Å². The maximum atomic E-state index is 3.96. The van der Waals surface area contributed by atoms with Crippen LogP contribution in [-0.2, 0) is 0 Å². The van der Waals surface area contributed by atoms with Crippen LogP contribution in [0.15, 0.2) is 113 Å². The third kappa shape index (κ3) is 7.39. The zero-order valence-corrected chi connectivity index (χ0v) is 32.6. The second-order valence-corrected chi connectivity index (χ2v) is 17.7. The summed E-state index contributed by atoms with van der Waals surface area (Å²) in [6.07, 6.45) is 49.2. The van der Waals surface area contributed by atoms with Gasteiger partial charge in [0, 0.05) is 24.2 Å². The molecular formula is C51H64N2. The number of rotatable bonds is 10.